The van der Waals surface area contributed by atoms with Gasteiger partial charge in [0.15, 0.2) is 15.7 Å². The number of anilines is 2. The number of hydrogen-bond acceptors (Lipinski definition) is 6. The van der Waals surface area contributed by atoms with Gasteiger partial charge < -0.3 is 5.32 Å². The molecule has 0 aliphatic carbocycles. The van der Waals surface area contributed by atoms with Crippen LogP contribution in [0, 0.1) is 10.1 Å². The molecule has 0 saturated heterocycles. The molecular formula is C17H16N4O4S. The first-order chi connectivity index (χ1) is 12.3. The topological polar surface area (TPSA) is 107 Å². The van der Waals surface area contributed by atoms with Crippen molar-refractivity contribution < 1.29 is 13.3 Å². The Balaban J connectivity index is 1.86. The Hall–Kier alpha value is -3.20. The largest absolute Gasteiger partial charge is 0.338 e. The van der Waals surface area contributed by atoms with E-state index >= 15 is 0 Å². The second-order valence-corrected chi connectivity index (χ2v) is 7.70. The van der Waals surface area contributed by atoms with Crippen LogP contribution in [0.4, 0.5) is 17.2 Å². The van der Waals surface area contributed by atoms with Crippen LogP contribution in [-0.4, -0.2) is 29.4 Å². The predicted octanol–water partition coefficient (Wildman–Crippen LogP) is 2.99. The van der Waals surface area contributed by atoms with Crippen molar-refractivity contribution in [2.75, 3.05) is 11.6 Å². The zero-order chi connectivity index (χ0) is 18.7. The number of benzene rings is 2. The van der Waals surface area contributed by atoms with Gasteiger partial charge in [-0.15, -0.1) is 0 Å². The minimum atomic E-state index is -3.65. The van der Waals surface area contributed by atoms with E-state index in [1.807, 2.05) is 30.3 Å². The van der Waals surface area contributed by atoms with Crippen molar-refractivity contribution in [2.45, 2.75) is 11.4 Å². The van der Waals surface area contributed by atoms with E-state index in [1.165, 1.54) is 12.1 Å². The fraction of sp³-hybridized carbons (Fsp3) is 0.118. The molecule has 3 aromatic rings. The third kappa shape index (κ3) is 4.06. The van der Waals surface area contributed by atoms with E-state index in [2.05, 4.69) is 10.4 Å². The fourth-order valence-electron chi connectivity index (χ4n) is 2.46. The van der Waals surface area contributed by atoms with Crippen LogP contribution in [0.5, 0.6) is 0 Å². The summed E-state index contributed by atoms with van der Waals surface area (Å²) in [6.45, 7) is 0.571. The average Bonchev–Trinajstić information content (AvgIpc) is 3.02. The SMILES string of the molecule is CS(=O)(=O)c1cc([N+](=O)[O-])ccc1Nc1ccn(Cc2ccccc2)n1. The standard InChI is InChI=1S/C17H16N4O4S/c1-26(24,25)16-11-14(21(22)23)7-8-15(16)18-17-9-10-20(19-17)12-13-5-3-2-4-6-13/h2-11H,12H2,1H3,(H,18,19). The van der Waals surface area contributed by atoms with E-state index in [-0.39, 0.29) is 16.3 Å². The quantitative estimate of drug-likeness (QED) is 0.526. The lowest BCUT2D eigenvalue weighted by Crippen LogP contribution is -2.05. The molecule has 1 heterocycles. The summed E-state index contributed by atoms with van der Waals surface area (Å²) in [5.41, 5.74) is 1.03. The number of sulfone groups is 1. The molecule has 9 heteroatoms. The van der Waals surface area contributed by atoms with E-state index in [4.69, 9.17) is 0 Å². The molecule has 134 valence electrons. The molecule has 1 N–H and O–H groups in total. The Morgan fingerprint density at radius 3 is 2.54 bits per heavy atom. The molecule has 0 saturated carbocycles. The number of hydrogen-bond donors (Lipinski definition) is 1. The number of nitrogens with zero attached hydrogens (tertiary/aromatic N) is 3. The number of nitro groups is 1. The van der Waals surface area contributed by atoms with Crippen LogP contribution in [0.2, 0.25) is 0 Å². The Labute approximate surface area is 150 Å². The minimum absolute atomic E-state index is 0.149. The van der Waals surface area contributed by atoms with Crippen molar-refractivity contribution >= 4 is 27.0 Å². The highest BCUT2D eigenvalue weighted by Gasteiger charge is 2.19. The summed E-state index contributed by atoms with van der Waals surface area (Å²) in [5, 5.41) is 18.2. The summed E-state index contributed by atoms with van der Waals surface area (Å²) in [6.07, 6.45) is 2.77. The highest BCUT2D eigenvalue weighted by Crippen LogP contribution is 2.28. The molecule has 1 aromatic heterocycles. The first-order valence-corrected chi connectivity index (χ1v) is 9.55. The number of aromatic nitrogens is 2. The van der Waals surface area contributed by atoms with Crippen LogP contribution in [0.25, 0.3) is 0 Å². The number of nitro benzene ring substituents is 1. The smallest absolute Gasteiger partial charge is 0.270 e. The van der Waals surface area contributed by atoms with Crippen LogP contribution in [0.3, 0.4) is 0 Å². The molecule has 26 heavy (non-hydrogen) atoms. The number of non-ortho nitro benzene ring substituents is 1. The summed E-state index contributed by atoms with van der Waals surface area (Å²) in [7, 11) is -3.65. The molecule has 0 spiro atoms. The van der Waals surface area contributed by atoms with Crippen molar-refractivity contribution in [3.8, 4) is 0 Å². The van der Waals surface area contributed by atoms with Crippen molar-refractivity contribution in [1.29, 1.82) is 0 Å². The van der Waals surface area contributed by atoms with Crippen LogP contribution in [0.15, 0.2) is 65.7 Å². The summed E-state index contributed by atoms with van der Waals surface area (Å²) in [6, 6.07) is 15.1. The van der Waals surface area contributed by atoms with Crippen molar-refractivity contribution in [3.63, 3.8) is 0 Å². The van der Waals surface area contributed by atoms with Gasteiger partial charge in [-0.2, -0.15) is 5.10 Å². The van der Waals surface area contributed by atoms with E-state index in [9.17, 15) is 18.5 Å². The van der Waals surface area contributed by atoms with Gasteiger partial charge in [-0.1, -0.05) is 30.3 Å². The molecule has 0 aliphatic rings. The fourth-order valence-corrected chi connectivity index (χ4v) is 3.31. The minimum Gasteiger partial charge on any atom is -0.338 e. The summed E-state index contributed by atoms with van der Waals surface area (Å²) in [5.74, 6) is 0.444. The van der Waals surface area contributed by atoms with Crippen molar-refractivity contribution in [3.05, 3.63) is 76.5 Å². The van der Waals surface area contributed by atoms with Crippen LogP contribution in [-0.2, 0) is 16.4 Å². The van der Waals surface area contributed by atoms with E-state index < -0.39 is 14.8 Å². The number of nitrogens with one attached hydrogen (secondary N) is 1. The van der Waals surface area contributed by atoms with Gasteiger partial charge in [0.05, 0.1) is 22.1 Å². The van der Waals surface area contributed by atoms with Gasteiger partial charge in [-0.3, -0.25) is 14.8 Å². The van der Waals surface area contributed by atoms with E-state index in [1.54, 1.807) is 16.9 Å². The Morgan fingerprint density at radius 1 is 1.15 bits per heavy atom. The molecule has 0 radical (unpaired) electrons. The van der Waals surface area contributed by atoms with Gasteiger partial charge in [0, 0.05) is 30.7 Å². The molecule has 0 aliphatic heterocycles. The molecule has 0 atom stereocenters. The normalized spacial score (nSPS) is 11.3. The van der Waals surface area contributed by atoms with E-state index in [0.717, 1.165) is 17.9 Å². The average molecular weight is 372 g/mol. The Morgan fingerprint density at radius 2 is 1.88 bits per heavy atom. The molecule has 0 bridgehead atoms. The highest BCUT2D eigenvalue weighted by atomic mass is 32.2. The molecule has 0 amide bonds. The lowest BCUT2D eigenvalue weighted by Gasteiger charge is -2.09. The molecule has 0 unspecified atom stereocenters. The van der Waals surface area contributed by atoms with Gasteiger partial charge in [0.2, 0.25) is 0 Å². The van der Waals surface area contributed by atoms with Gasteiger partial charge >= 0.3 is 0 Å². The van der Waals surface area contributed by atoms with Crippen molar-refractivity contribution in [1.82, 2.24) is 9.78 Å². The molecule has 0 fully saturated rings. The van der Waals surface area contributed by atoms with Crippen molar-refractivity contribution in [2.24, 2.45) is 0 Å². The summed E-state index contributed by atoms with van der Waals surface area (Å²) >= 11 is 0. The number of rotatable bonds is 6. The Kier molecular flexibility index (Phi) is 4.72. The third-order valence-electron chi connectivity index (χ3n) is 3.67. The maximum Gasteiger partial charge on any atom is 0.270 e. The van der Waals surface area contributed by atoms with Gasteiger partial charge in [0.1, 0.15) is 0 Å². The lowest BCUT2D eigenvalue weighted by atomic mass is 10.2. The highest BCUT2D eigenvalue weighted by molar-refractivity contribution is 7.90. The van der Waals surface area contributed by atoms with Crippen LogP contribution in [0.1, 0.15) is 5.56 Å². The molecule has 2 aromatic carbocycles. The zero-order valence-corrected chi connectivity index (χ0v) is 14.7. The Bertz CT molecular complexity index is 1050. The first kappa shape index (κ1) is 17.6. The molecular weight excluding hydrogens is 356 g/mol. The maximum atomic E-state index is 12.0. The zero-order valence-electron chi connectivity index (χ0n) is 13.9. The summed E-state index contributed by atoms with van der Waals surface area (Å²) in [4.78, 5) is 10.1. The molecule has 3 rings (SSSR count). The summed E-state index contributed by atoms with van der Waals surface area (Å²) < 4.78 is 25.7. The second-order valence-electron chi connectivity index (χ2n) is 5.72. The first-order valence-electron chi connectivity index (χ1n) is 7.66. The molecule has 8 nitrogen and oxygen atoms in total. The van der Waals surface area contributed by atoms with Gasteiger partial charge in [-0.05, 0) is 11.6 Å². The monoisotopic (exact) mass is 372 g/mol. The maximum absolute atomic E-state index is 12.0. The van der Waals surface area contributed by atoms with E-state index in [0.29, 0.717) is 12.4 Å². The predicted molar refractivity (Wildman–Crippen MR) is 97.3 cm³/mol. The van der Waals surface area contributed by atoms with Crippen LogP contribution < -0.4 is 5.32 Å². The second kappa shape index (κ2) is 6.96. The lowest BCUT2D eigenvalue weighted by molar-refractivity contribution is -0.385. The third-order valence-corrected chi connectivity index (χ3v) is 4.80. The van der Waals surface area contributed by atoms with Gasteiger partial charge in [-0.25, -0.2) is 8.42 Å². The van der Waals surface area contributed by atoms with Crippen LogP contribution >= 0.6 is 0 Å². The van der Waals surface area contributed by atoms with Gasteiger partial charge in [0.25, 0.3) is 5.69 Å².